The topological polar surface area (TPSA) is 170 Å². The fourth-order valence-corrected chi connectivity index (χ4v) is 3.26. The van der Waals surface area contributed by atoms with E-state index in [0.29, 0.717) is 18.9 Å². The van der Waals surface area contributed by atoms with Gasteiger partial charge in [0.05, 0.1) is 6.54 Å². The van der Waals surface area contributed by atoms with E-state index in [1.165, 1.54) is 0 Å². The van der Waals surface area contributed by atoms with E-state index in [0.717, 1.165) is 18.2 Å². The predicted octanol–water partition coefficient (Wildman–Crippen LogP) is -1.11. The Bertz CT molecular complexity index is 1010. The number of nitrogens with one attached hydrogen (secondary N) is 2. The fraction of sp³-hybridized carbons (Fsp3) is 0.333. The Hall–Kier alpha value is -3.58. The first-order valence-electron chi connectivity index (χ1n) is 9.40. The van der Waals surface area contributed by atoms with Crippen molar-refractivity contribution in [1.29, 1.82) is 0 Å². The van der Waals surface area contributed by atoms with Crippen molar-refractivity contribution >= 4 is 17.8 Å². The molecule has 11 nitrogen and oxygen atoms in total. The number of fused-ring (bicyclic) bond motifs is 1. The zero-order chi connectivity index (χ0) is 22.5. The smallest absolute Gasteiger partial charge is 0.278 e. The average Bonchev–Trinajstić information content (AvgIpc) is 3.18. The third-order valence-electron chi connectivity index (χ3n) is 4.81. The van der Waals surface area contributed by atoms with Crippen molar-refractivity contribution in [1.82, 2.24) is 25.2 Å². The lowest BCUT2D eigenvalue weighted by atomic mass is 10.0. The second-order valence-electron chi connectivity index (χ2n) is 7.03. The summed E-state index contributed by atoms with van der Waals surface area (Å²) >= 11 is 0. The standard InChI is InChI=1S/C18H23F2N9O2/c19-11-1-2-13(20)10(5-11)6-12(21)7-16(30)29-4-3-28-8-14(24-15(28)9-29)17(31)25-18(26-22)27-23/h1-2,5,8,12H,3-4,6-7,9,21-23H2,(H2,25,26,27,31)/t12-/m1/s1. The molecule has 1 aliphatic heterocycles. The Morgan fingerprint density at radius 2 is 2.06 bits per heavy atom. The van der Waals surface area contributed by atoms with Crippen molar-refractivity contribution in [3.8, 4) is 0 Å². The average molecular weight is 435 g/mol. The highest BCUT2D eigenvalue weighted by Crippen LogP contribution is 2.16. The van der Waals surface area contributed by atoms with Gasteiger partial charge in [-0.2, -0.15) is 0 Å². The Kier molecular flexibility index (Phi) is 6.77. The van der Waals surface area contributed by atoms with E-state index >= 15 is 0 Å². The molecule has 2 amide bonds. The molecule has 0 unspecified atom stereocenters. The Morgan fingerprint density at radius 1 is 1.29 bits per heavy atom. The summed E-state index contributed by atoms with van der Waals surface area (Å²) in [6, 6.07) is 2.45. The van der Waals surface area contributed by atoms with Crippen LogP contribution in [0.4, 0.5) is 8.78 Å². The first-order valence-corrected chi connectivity index (χ1v) is 9.40. The van der Waals surface area contributed by atoms with E-state index in [1.54, 1.807) is 15.7 Å². The van der Waals surface area contributed by atoms with E-state index in [4.69, 9.17) is 17.4 Å². The molecule has 1 aliphatic rings. The lowest BCUT2D eigenvalue weighted by Crippen LogP contribution is -2.45. The van der Waals surface area contributed by atoms with Crippen LogP contribution < -0.4 is 28.2 Å². The number of amides is 2. The van der Waals surface area contributed by atoms with Crippen LogP contribution in [-0.2, 0) is 24.3 Å². The van der Waals surface area contributed by atoms with Crippen LogP contribution in [0.1, 0.15) is 28.3 Å². The summed E-state index contributed by atoms with van der Waals surface area (Å²) in [5.74, 6) is 8.69. The molecule has 0 fully saturated rings. The minimum atomic E-state index is -0.676. The monoisotopic (exact) mass is 435 g/mol. The summed E-state index contributed by atoms with van der Waals surface area (Å²) in [5, 5.41) is 5.62. The van der Waals surface area contributed by atoms with E-state index in [2.05, 4.69) is 20.8 Å². The third-order valence-corrected chi connectivity index (χ3v) is 4.81. The number of hydrazine groups is 1. The zero-order valence-electron chi connectivity index (χ0n) is 16.5. The summed E-state index contributed by atoms with van der Waals surface area (Å²) in [7, 11) is 0. The van der Waals surface area contributed by atoms with Gasteiger partial charge < -0.3 is 21.0 Å². The van der Waals surface area contributed by atoms with Crippen LogP contribution in [0.5, 0.6) is 0 Å². The molecule has 0 spiro atoms. The van der Waals surface area contributed by atoms with Gasteiger partial charge in [-0.25, -0.2) is 19.6 Å². The van der Waals surface area contributed by atoms with Gasteiger partial charge in [-0.05, 0) is 30.2 Å². The van der Waals surface area contributed by atoms with Gasteiger partial charge in [0.2, 0.25) is 11.9 Å². The predicted molar refractivity (Wildman–Crippen MR) is 107 cm³/mol. The molecule has 0 bridgehead atoms. The molecule has 1 aromatic carbocycles. The molecule has 0 saturated carbocycles. The van der Waals surface area contributed by atoms with Crippen LogP contribution in [0.25, 0.3) is 0 Å². The van der Waals surface area contributed by atoms with Crippen LogP contribution in [0.15, 0.2) is 29.5 Å². The largest absolute Gasteiger partial charge is 0.333 e. The maximum absolute atomic E-state index is 13.8. The van der Waals surface area contributed by atoms with Gasteiger partial charge in [0.15, 0.2) is 0 Å². The minimum absolute atomic E-state index is 0.0301. The van der Waals surface area contributed by atoms with Gasteiger partial charge in [0.1, 0.15) is 23.2 Å². The molecule has 166 valence electrons. The Balaban J connectivity index is 1.60. The maximum Gasteiger partial charge on any atom is 0.278 e. The molecule has 2 aromatic rings. The van der Waals surface area contributed by atoms with Crippen molar-refractivity contribution in [2.45, 2.75) is 32.0 Å². The van der Waals surface area contributed by atoms with E-state index in [-0.39, 0.29) is 42.5 Å². The summed E-state index contributed by atoms with van der Waals surface area (Å²) in [6.45, 7) is 1.01. The molecular weight excluding hydrogens is 412 g/mol. The number of hydrogen-bond donors (Lipinski definition) is 5. The van der Waals surface area contributed by atoms with Crippen LogP contribution in [0.3, 0.4) is 0 Å². The quantitative estimate of drug-likeness (QED) is 0.171. The molecular formula is C18H23F2N9O2. The van der Waals surface area contributed by atoms with Crippen LogP contribution in [0, 0.1) is 11.6 Å². The third kappa shape index (κ3) is 5.32. The summed E-state index contributed by atoms with van der Waals surface area (Å²) in [6.07, 6.45) is 1.54. The molecule has 0 radical (unpaired) electrons. The number of aromatic nitrogens is 2. The van der Waals surface area contributed by atoms with E-state index in [1.807, 2.05) is 0 Å². The van der Waals surface area contributed by atoms with Crippen LogP contribution in [-0.4, -0.2) is 44.8 Å². The molecule has 3 rings (SSSR count). The number of hydrazone groups is 1. The molecule has 13 heteroatoms. The molecule has 2 heterocycles. The fourth-order valence-electron chi connectivity index (χ4n) is 3.26. The SMILES string of the molecule is N/N=C(\NN)NC(=O)c1cn2c(n1)CN(C(=O)C[C@H](N)Cc1cc(F)ccc1F)CC2. The highest BCUT2D eigenvalue weighted by Gasteiger charge is 2.25. The number of guanidine groups is 1. The minimum Gasteiger partial charge on any atom is -0.333 e. The number of carbonyl (C=O) groups is 2. The second-order valence-corrected chi connectivity index (χ2v) is 7.03. The molecule has 31 heavy (non-hydrogen) atoms. The van der Waals surface area contributed by atoms with Crippen molar-refractivity contribution in [2.75, 3.05) is 6.54 Å². The lowest BCUT2D eigenvalue weighted by molar-refractivity contribution is -0.133. The maximum atomic E-state index is 13.8. The molecule has 1 aromatic heterocycles. The van der Waals surface area contributed by atoms with Crippen LogP contribution >= 0.6 is 0 Å². The zero-order valence-corrected chi connectivity index (χ0v) is 16.5. The normalized spacial score (nSPS) is 14.7. The highest BCUT2D eigenvalue weighted by molar-refractivity contribution is 6.04. The lowest BCUT2D eigenvalue weighted by Gasteiger charge is -2.28. The van der Waals surface area contributed by atoms with Crippen molar-refractivity contribution in [2.24, 2.45) is 22.5 Å². The number of carbonyl (C=O) groups excluding carboxylic acids is 2. The van der Waals surface area contributed by atoms with Gasteiger partial charge in [-0.15, -0.1) is 5.10 Å². The molecule has 0 aliphatic carbocycles. The van der Waals surface area contributed by atoms with Gasteiger partial charge >= 0.3 is 0 Å². The molecule has 1 atom stereocenters. The number of halogens is 2. The molecule has 8 N–H and O–H groups in total. The Labute approximate surface area is 176 Å². The van der Waals surface area contributed by atoms with Gasteiger partial charge in [-0.3, -0.25) is 20.3 Å². The van der Waals surface area contributed by atoms with Gasteiger partial charge in [0.25, 0.3) is 5.91 Å². The van der Waals surface area contributed by atoms with E-state index in [9.17, 15) is 18.4 Å². The summed E-state index contributed by atoms with van der Waals surface area (Å²) in [4.78, 5) is 30.6. The summed E-state index contributed by atoms with van der Waals surface area (Å²) in [5.41, 5.74) is 8.36. The van der Waals surface area contributed by atoms with Gasteiger partial charge in [-0.1, -0.05) is 0 Å². The number of nitrogens with two attached hydrogens (primary N) is 3. The first-order chi connectivity index (χ1) is 14.8. The first kappa shape index (κ1) is 22.1. The van der Waals surface area contributed by atoms with Crippen LogP contribution in [0.2, 0.25) is 0 Å². The number of imidazole rings is 1. The molecule has 0 saturated heterocycles. The van der Waals surface area contributed by atoms with Crippen molar-refractivity contribution < 1.29 is 18.4 Å². The number of rotatable bonds is 5. The Morgan fingerprint density at radius 3 is 2.77 bits per heavy atom. The van der Waals surface area contributed by atoms with Crippen molar-refractivity contribution in [3.05, 3.63) is 53.1 Å². The number of benzene rings is 1. The second kappa shape index (κ2) is 9.49. The van der Waals surface area contributed by atoms with Crippen molar-refractivity contribution in [3.63, 3.8) is 0 Å². The highest BCUT2D eigenvalue weighted by atomic mass is 19.1. The number of hydrogen-bond acceptors (Lipinski definition) is 7. The van der Waals surface area contributed by atoms with Gasteiger partial charge in [0, 0.05) is 31.7 Å². The summed E-state index contributed by atoms with van der Waals surface area (Å²) < 4.78 is 28.9. The van der Waals surface area contributed by atoms with E-state index < -0.39 is 23.6 Å². The number of nitrogens with zero attached hydrogens (tertiary/aromatic N) is 4.